The maximum atomic E-state index is 12.7. The molecule has 1 unspecified atom stereocenters. The summed E-state index contributed by atoms with van der Waals surface area (Å²) >= 11 is 0. The Labute approximate surface area is 122 Å². The van der Waals surface area contributed by atoms with E-state index < -0.39 is 0 Å². The van der Waals surface area contributed by atoms with E-state index in [1.807, 2.05) is 0 Å². The SMILES string of the molecule is CCC1(C(=O)NC(C)c2ccc(C)cc2)CCNCC1. The molecule has 1 fully saturated rings. The van der Waals surface area contributed by atoms with Crippen molar-refractivity contribution in [2.24, 2.45) is 5.41 Å². The summed E-state index contributed by atoms with van der Waals surface area (Å²) < 4.78 is 0. The predicted octanol–water partition coefficient (Wildman–Crippen LogP) is 2.95. The molecule has 0 spiro atoms. The fraction of sp³-hybridized carbons (Fsp3) is 0.588. The topological polar surface area (TPSA) is 41.1 Å². The maximum absolute atomic E-state index is 12.7. The highest BCUT2D eigenvalue weighted by molar-refractivity contribution is 5.83. The third kappa shape index (κ3) is 3.21. The number of nitrogens with one attached hydrogen (secondary N) is 2. The van der Waals surface area contributed by atoms with Crippen LogP contribution in [0.3, 0.4) is 0 Å². The Hall–Kier alpha value is -1.35. The van der Waals surface area contributed by atoms with Gasteiger partial charge in [-0.25, -0.2) is 0 Å². The van der Waals surface area contributed by atoms with Gasteiger partial charge < -0.3 is 10.6 Å². The van der Waals surface area contributed by atoms with E-state index in [1.54, 1.807) is 0 Å². The van der Waals surface area contributed by atoms with E-state index >= 15 is 0 Å². The summed E-state index contributed by atoms with van der Waals surface area (Å²) in [4.78, 5) is 12.7. The largest absolute Gasteiger partial charge is 0.349 e. The summed E-state index contributed by atoms with van der Waals surface area (Å²) in [5, 5.41) is 6.55. The van der Waals surface area contributed by atoms with Gasteiger partial charge in [-0.1, -0.05) is 36.8 Å². The van der Waals surface area contributed by atoms with Crippen molar-refractivity contribution in [2.75, 3.05) is 13.1 Å². The average Bonchev–Trinajstić information content (AvgIpc) is 2.48. The number of rotatable bonds is 4. The van der Waals surface area contributed by atoms with E-state index in [1.165, 1.54) is 11.1 Å². The Balaban J connectivity index is 2.04. The molecule has 1 atom stereocenters. The minimum atomic E-state index is -0.176. The molecule has 0 aliphatic carbocycles. The molecule has 0 aromatic heterocycles. The van der Waals surface area contributed by atoms with Crippen LogP contribution in [0.2, 0.25) is 0 Å². The normalized spacial score (nSPS) is 19.4. The zero-order chi connectivity index (χ0) is 14.6. The molecule has 20 heavy (non-hydrogen) atoms. The number of piperidine rings is 1. The Kier molecular flexibility index (Phi) is 4.81. The zero-order valence-corrected chi connectivity index (χ0v) is 12.8. The lowest BCUT2D eigenvalue weighted by Gasteiger charge is -2.36. The first kappa shape index (κ1) is 15.0. The standard InChI is InChI=1S/C17H26N2O/c1-4-17(9-11-18-12-10-17)16(20)19-14(3)15-7-5-13(2)6-8-15/h5-8,14,18H,4,9-12H2,1-3H3,(H,19,20). The molecule has 1 amide bonds. The Morgan fingerprint density at radius 3 is 2.45 bits per heavy atom. The van der Waals surface area contributed by atoms with Crippen molar-refractivity contribution in [1.29, 1.82) is 0 Å². The van der Waals surface area contributed by atoms with Gasteiger partial charge in [-0.2, -0.15) is 0 Å². The number of hydrogen-bond acceptors (Lipinski definition) is 2. The van der Waals surface area contributed by atoms with Crippen LogP contribution in [0.4, 0.5) is 0 Å². The van der Waals surface area contributed by atoms with E-state index in [9.17, 15) is 4.79 Å². The molecule has 3 nitrogen and oxygen atoms in total. The Bertz CT molecular complexity index is 447. The van der Waals surface area contributed by atoms with Crippen LogP contribution in [0, 0.1) is 12.3 Å². The molecule has 1 heterocycles. The molecule has 1 aliphatic rings. The molecule has 1 saturated heterocycles. The predicted molar refractivity (Wildman–Crippen MR) is 82.6 cm³/mol. The molecular weight excluding hydrogens is 248 g/mol. The number of amides is 1. The number of hydrogen-bond donors (Lipinski definition) is 2. The minimum Gasteiger partial charge on any atom is -0.349 e. The molecule has 0 bridgehead atoms. The Morgan fingerprint density at radius 2 is 1.90 bits per heavy atom. The highest BCUT2D eigenvalue weighted by atomic mass is 16.2. The first-order valence-electron chi connectivity index (χ1n) is 7.66. The van der Waals surface area contributed by atoms with Crippen molar-refractivity contribution in [2.45, 2.75) is 46.1 Å². The quantitative estimate of drug-likeness (QED) is 0.886. The molecule has 2 rings (SSSR count). The van der Waals surface area contributed by atoms with Gasteiger partial charge in [0.15, 0.2) is 0 Å². The Morgan fingerprint density at radius 1 is 1.30 bits per heavy atom. The number of aryl methyl sites for hydroxylation is 1. The summed E-state index contributed by atoms with van der Waals surface area (Å²) in [7, 11) is 0. The van der Waals surface area contributed by atoms with Crippen LogP contribution in [0.5, 0.6) is 0 Å². The highest BCUT2D eigenvalue weighted by Crippen LogP contribution is 2.33. The van der Waals surface area contributed by atoms with Crippen LogP contribution in [-0.2, 0) is 4.79 Å². The van der Waals surface area contributed by atoms with Crippen molar-refractivity contribution in [1.82, 2.24) is 10.6 Å². The van der Waals surface area contributed by atoms with E-state index in [0.717, 1.165) is 32.4 Å². The zero-order valence-electron chi connectivity index (χ0n) is 12.8. The van der Waals surface area contributed by atoms with Crippen molar-refractivity contribution in [3.63, 3.8) is 0 Å². The number of benzene rings is 1. The van der Waals surface area contributed by atoms with Crippen molar-refractivity contribution in [3.8, 4) is 0 Å². The first-order valence-corrected chi connectivity index (χ1v) is 7.66. The molecular formula is C17H26N2O. The van der Waals surface area contributed by atoms with Gasteiger partial charge in [-0.15, -0.1) is 0 Å². The molecule has 0 saturated carbocycles. The van der Waals surface area contributed by atoms with Crippen molar-refractivity contribution in [3.05, 3.63) is 35.4 Å². The molecule has 0 radical (unpaired) electrons. The summed E-state index contributed by atoms with van der Waals surface area (Å²) in [6.45, 7) is 8.16. The lowest BCUT2D eigenvalue weighted by molar-refractivity contribution is -0.133. The molecule has 3 heteroatoms. The summed E-state index contributed by atoms with van der Waals surface area (Å²) in [5.74, 6) is 0.217. The highest BCUT2D eigenvalue weighted by Gasteiger charge is 2.38. The van der Waals surface area contributed by atoms with E-state index in [0.29, 0.717) is 0 Å². The van der Waals surface area contributed by atoms with Gasteiger partial charge in [0.25, 0.3) is 0 Å². The van der Waals surface area contributed by atoms with Gasteiger partial charge >= 0.3 is 0 Å². The molecule has 1 aliphatic heterocycles. The molecule has 1 aromatic carbocycles. The summed E-state index contributed by atoms with van der Waals surface area (Å²) in [6, 6.07) is 8.46. The van der Waals surface area contributed by atoms with Crippen LogP contribution in [0.25, 0.3) is 0 Å². The molecule has 110 valence electrons. The molecule has 2 N–H and O–H groups in total. The smallest absolute Gasteiger partial charge is 0.226 e. The van der Waals surface area contributed by atoms with Gasteiger partial charge in [0.1, 0.15) is 0 Å². The van der Waals surface area contributed by atoms with Crippen molar-refractivity contribution < 1.29 is 4.79 Å². The van der Waals surface area contributed by atoms with Crippen LogP contribution >= 0.6 is 0 Å². The van der Waals surface area contributed by atoms with Gasteiger partial charge in [-0.3, -0.25) is 4.79 Å². The van der Waals surface area contributed by atoms with Crippen LogP contribution in [0.1, 0.15) is 50.3 Å². The third-order valence-electron chi connectivity index (χ3n) is 4.64. The van der Waals surface area contributed by atoms with E-state index in [2.05, 4.69) is 55.7 Å². The lowest BCUT2D eigenvalue weighted by atomic mass is 9.75. The van der Waals surface area contributed by atoms with Crippen LogP contribution < -0.4 is 10.6 Å². The fourth-order valence-corrected chi connectivity index (χ4v) is 2.93. The minimum absolute atomic E-state index is 0.0708. The van der Waals surface area contributed by atoms with Gasteiger partial charge in [-0.05, 0) is 51.8 Å². The third-order valence-corrected chi connectivity index (χ3v) is 4.64. The lowest BCUT2D eigenvalue weighted by Crippen LogP contribution is -2.47. The second-order valence-electron chi connectivity index (χ2n) is 5.99. The van der Waals surface area contributed by atoms with Gasteiger partial charge in [0.2, 0.25) is 5.91 Å². The first-order chi connectivity index (χ1) is 9.57. The van der Waals surface area contributed by atoms with Gasteiger partial charge in [0.05, 0.1) is 11.5 Å². The molecule has 1 aromatic rings. The van der Waals surface area contributed by atoms with Crippen molar-refractivity contribution >= 4 is 5.91 Å². The van der Waals surface area contributed by atoms with Crippen LogP contribution in [0.15, 0.2) is 24.3 Å². The summed E-state index contributed by atoms with van der Waals surface area (Å²) in [6.07, 6.45) is 2.80. The van der Waals surface area contributed by atoms with E-state index in [-0.39, 0.29) is 17.4 Å². The maximum Gasteiger partial charge on any atom is 0.226 e. The number of carbonyl (C=O) groups excluding carboxylic acids is 1. The van der Waals surface area contributed by atoms with E-state index in [4.69, 9.17) is 0 Å². The second kappa shape index (κ2) is 6.40. The summed E-state index contributed by atoms with van der Waals surface area (Å²) in [5.41, 5.74) is 2.24. The fourth-order valence-electron chi connectivity index (χ4n) is 2.93. The average molecular weight is 274 g/mol. The number of carbonyl (C=O) groups is 1. The second-order valence-corrected chi connectivity index (χ2v) is 5.99. The van der Waals surface area contributed by atoms with Gasteiger partial charge in [0, 0.05) is 0 Å². The monoisotopic (exact) mass is 274 g/mol. The van der Waals surface area contributed by atoms with Crippen LogP contribution in [-0.4, -0.2) is 19.0 Å².